The third-order valence-electron chi connectivity index (χ3n) is 5.37. The summed E-state index contributed by atoms with van der Waals surface area (Å²) < 4.78 is 5.14. The number of carbonyl (C=O) groups is 1. The molecule has 1 saturated carbocycles. The molecule has 1 N–H and O–H groups in total. The minimum atomic E-state index is 0.103. The van der Waals surface area contributed by atoms with Crippen molar-refractivity contribution in [1.29, 1.82) is 0 Å². The van der Waals surface area contributed by atoms with E-state index in [0.29, 0.717) is 24.1 Å². The first-order valence-electron chi connectivity index (χ1n) is 10.0. The van der Waals surface area contributed by atoms with Crippen LogP contribution < -0.4 is 10.2 Å². The molecule has 0 aromatic heterocycles. The molecule has 2 unspecified atom stereocenters. The molecule has 1 fully saturated rings. The maximum Gasteiger partial charge on any atom is 0.229 e. The minimum Gasteiger partial charge on any atom is -0.384 e. The number of hydrogen-bond acceptors (Lipinski definition) is 3. The van der Waals surface area contributed by atoms with E-state index in [4.69, 9.17) is 16.3 Å². The molecule has 5 heteroatoms. The van der Waals surface area contributed by atoms with E-state index < -0.39 is 0 Å². The van der Waals surface area contributed by atoms with Gasteiger partial charge in [-0.3, -0.25) is 4.79 Å². The van der Waals surface area contributed by atoms with Gasteiger partial charge in [-0.25, -0.2) is 0 Å². The Balaban J connectivity index is 1.70. The zero-order valence-corrected chi connectivity index (χ0v) is 17.2. The number of amides is 1. The molecular formula is C23H29ClN2O2. The first-order valence-corrected chi connectivity index (χ1v) is 10.4. The van der Waals surface area contributed by atoms with E-state index in [2.05, 4.69) is 29.6 Å². The number of nitrogens with one attached hydrogen (secondary N) is 1. The van der Waals surface area contributed by atoms with Crippen LogP contribution in [0.1, 0.15) is 31.2 Å². The fourth-order valence-corrected chi connectivity index (χ4v) is 4.09. The van der Waals surface area contributed by atoms with Gasteiger partial charge in [0.2, 0.25) is 5.91 Å². The van der Waals surface area contributed by atoms with Crippen LogP contribution in [0.4, 0.5) is 5.69 Å². The van der Waals surface area contributed by atoms with Crippen molar-refractivity contribution in [2.24, 2.45) is 0 Å². The van der Waals surface area contributed by atoms with Crippen LogP contribution >= 0.6 is 11.6 Å². The number of rotatable bonds is 9. The van der Waals surface area contributed by atoms with E-state index in [1.54, 1.807) is 7.11 Å². The highest BCUT2D eigenvalue weighted by Crippen LogP contribution is 2.30. The molecule has 3 rings (SSSR count). The standard InChI is InChI=1S/C23H29ClN2O2/c1-28-17-15-23(27)26(20-12-10-19(24)11-13-20)22-9-5-8-21(22)25-16-14-18-6-3-2-4-7-18/h2-4,6-7,10-13,21-22,25H,5,8-9,14-17H2,1H3. The summed E-state index contributed by atoms with van der Waals surface area (Å²) in [4.78, 5) is 15.0. The van der Waals surface area contributed by atoms with E-state index in [9.17, 15) is 4.79 Å². The molecule has 2 atom stereocenters. The molecule has 4 nitrogen and oxygen atoms in total. The predicted molar refractivity (Wildman–Crippen MR) is 115 cm³/mol. The molecule has 2 aromatic carbocycles. The van der Waals surface area contributed by atoms with Gasteiger partial charge in [0.05, 0.1) is 19.1 Å². The number of anilines is 1. The van der Waals surface area contributed by atoms with Crippen molar-refractivity contribution in [3.63, 3.8) is 0 Å². The molecule has 0 bridgehead atoms. The van der Waals surface area contributed by atoms with Gasteiger partial charge < -0.3 is 15.0 Å². The van der Waals surface area contributed by atoms with E-state index in [-0.39, 0.29) is 11.9 Å². The summed E-state index contributed by atoms with van der Waals surface area (Å²) in [5, 5.41) is 4.38. The number of methoxy groups -OCH3 is 1. The molecule has 0 saturated heterocycles. The summed E-state index contributed by atoms with van der Waals surface area (Å²) in [6, 6.07) is 18.5. The van der Waals surface area contributed by atoms with Crippen LogP contribution in [0.3, 0.4) is 0 Å². The Morgan fingerprint density at radius 3 is 2.61 bits per heavy atom. The lowest BCUT2D eigenvalue weighted by Gasteiger charge is -2.34. The second-order valence-electron chi connectivity index (χ2n) is 7.28. The normalized spacial score (nSPS) is 18.9. The third kappa shape index (κ3) is 5.57. The Bertz CT molecular complexity index is 736. The van der Waals surface area contributed by atoms with Crippen molar-refractivity contribution >= 4 is 23.2 Å². The van der Waals surface area contributed by atoms with Gasteiger partial charge in [0.1, 0.15) is 0 Å². The maximum absolute atomic E-state index is 13.0. The molecule has 1 aliphatic carbocycles. The Hall–Kier alpha value is -1.88. The second kappa shape index (κ2) is 10.6. The van der Waals surface area contributed by atoms with Crippen molar-refractivity contribution < 1.29 is 9.53 Å². The van der Waals surface area contributed by atoms with Crippen molar-refractivity contribution in [3.05, 3.63) is 65.2 Å². The summed E-state index contributed by atoms with van der Waals surface area (Å²) in [6.45, 7) is 1.34. The van der Waals surface area contributed by atoms with E-state index in [1.807, 2.05) is 35.2 Å². The van der Waals surface area contributed by atoms with Crippen molar-refractivity contribution in [2.45, 2.75) is 44.2 Å². The molecule has 2 aromatic rings. The van der Waals surface area contributed by atoms with Crippen molar-refractivity contribution in [1.82, 2.24) is 5.32 Å². The number of ether oxygens (including phenoxy) is 1. The molecule has 1 aliphatic rings. The first kappa shape index (κ1) is 20.8. The van der Waals surface area contributed by atoms with Gasteiger partial charge in [-0.1, -0.05) is 41.9 Å². The topological polar surface area (TPSA) is 41.6 Å². The van der Waals surface area contributed by atoms with Gasteiger partial charge in [0, 0.05) is 23.9 Å². The van der Waals surface area contributed by atoms with Gasteiger partial charge >= 0.3 is 0 Å². The summed E-state index contributed by atoms with van der Waals surface area (Å²) >= 11 is 6.06. The van der Waals surface area contributed by atoms with Gasteiger partial charge in [-0.2, -0.15) is 0 Å². The highest BCUT2D eigenvalue weighted by molar-refractivity contribution is 6.30. The van der Waals surface area contributed by atoms with E-state index in [1.165, 1.54) is 5.56 Å². The highest BCUT2D eigenvalue weighted by Gasteiger charge is 2.35. The summed E-state index contributed by atoms with van der Waals surface area (Å²) in [5.74, 6) is 0.103. The van der Waals surface area contributed by atoms with Gasteiger partial charge in [0.25, 0.3) is 0 Å². The number of hydrogen-bond donors (Lipinski definition) is 1. The van der Waals surface area contributed by atoms with Crippen LogP contribution in [-0.2, 0) is 16.0 Å². The Labute approximate surface area is 172 Å². The molecule has 0 spiro atoms. The number of halogens is 1. The lowest BCUT2D eigenvalue weighted by atomic mass is 10.1. The smallest absolute Gasteiger partial charge is 0.229 e. The minimum absolute atomic E-state index is 0.103. The van der Waals surface area contributed by atoms with Crippen LogP contribution in [0.5, 0.6) is 0 Å². The van der Waals surface area contributed by atoms with Crippen LogP contribution in [0.25, 0.3) is 0 Å². The highest BCUT2D eigenvalue weighted by atomic mass is 35.5. The van der Waals surface area contributed by atoms with Gasteiger partial charge in [0.15, 0.2) is 0 Å². The SMILES string of the molecule is COCCC(=O)N(c1ccc(Cl)cc1)C1CCCC1NCCc1ccccc1. The lowest BCUT2D eigenvalue weighted by Crippen LogP contribution is -2.50. The quantitative estimate of drug-likeness (QED) is 0.675. The maximum atomic E-state index is 13.0. The number of benzene rings is 2. The average molecular weight is 401 g/mol. The molecule has 150 valence electrons. The lowest BCUT2D eigenvalue weighted by molar-refractivity contribution is -0.120. The molecular weight excluding hydrogens is 372 g/mol. The van der Waals surface area contributed by atoms with Crippen LogP contribution in [-0.4, -0.2) is 38.3 Å². The average Bonchev–Trinajstić information content (AvgIpc) is 3.17. The van der Waals surface area contributed by atoms with Crippen LogP contribution in [0.15, 0.2) is 54.6 Å². The van der Waals surface area contributed by atoms with E-state index in [0.717, 1.165) is 37.9 Å². The fraction of sp³-hybridized carbons (Fsp3) is 0.435. The first-order chi connectivity index (χ1) is 13.7. The van der Waals surface area contributed by atoms with Crippen molar-refractivity contribution in [3.8, 4) is 0 Å². The Morgan fingerprint density at radius 1 is 1.14 bits per heavy atom. The fourth-order valence-electron chi connectivity index (χ4n) is 3.97. The van der Waals surface area contributed by atoms with Crippen LogP contribution in [0, 0.1) is 0 Å². The number of carbonyl (C=O) groups excluding carboxylic acids is 1. The summed E-state index contributed by atoms with van der Waals surface area (Å²) in [6.07, 6.45) is 4.58. The van der Waals surface area contributed by atoms with Gasteiger partial charge in [-0.05, 0) is 62.1 Å². The molecule has 1 amide bonds. The predicted octanol–water partition coefficient (Wildman–Crippen LogP) is 4.46. The molecule has 0 heterocycles. The molecule has 0 aliphatic heterocycles. The van der Waals surface area contributed by atoms with Crippen molar-refractivity contribution in [2.75, 3.05) is 25.2 Å². The molecule has 0 radical (unpaired) electrons. The summed E-state index contributed by atoms with van der Waals surface area (Å²) in [7, 11) is 1.63. The zero-order valence-electron chi connectivity index (χ0n) is 16.4. The Morgan fingerprint density at radius 2 is 1.89 bits per heavy atom. The van der Waals surface area contributed by atoms with E-state index >= 15 is 0 Å². The third-order valence-corrected chi connectivity index (χ3v) is 5.62. The van der Waals surface area contributed by atoms with Crippen LogP contribution in [0.2, 0.25) is 5.02 Å². The zero-order chi connectivity index (χ0) is 19.8. The van der Waals surface area contributed by atoms with Gasteiger partial charge in [-0.15, -0.1) is 0 Å². The number of nitrogens with zero attached hydrogens (tertiary/aromatic N) is 1. The largest absolute Gasteiger partial charge is 0.384 e. The Kier molecular flexibility index (Phi) is 7.90. The second-order valence-corrected chi connectivity index (χ2v) is 7.71. The summed E-state index contributed by atoms with van der Waals surface area (Å²) in [5.41, 5.74) is 2.24. The molecule has 28 heavy (non-hydrogen) atoms. The monoisotopic (exact) mass is 400 g/mol.